The zero-order valence-electron chi connectivity index (χ0n) is 18.0. The Morgan fingerprint density at radius 2 is 0.970 bits per heavy atom. The Morgan fingerprint density at radius 3 is 1.67 bits per heavy atom. The Kier molecular flexibility index (Phi) is 4.91. The lowest BCUT2D eigenvalue weighted by Gasteiger charge is -2.19. The number of fused-ring (bicyclic) bond motifs is 3. The van der Waals surface area contributed by atoms with E-state index in [4.69, 9.17) is 5.84 Å². The SMILES string of the molecule is NN(c1ccc(-c2ccccc2)cc1)c1ccc(-c2ccc3sc4ccccc4c3c2)cc1. The van der Waals surface area contributed by atoms with E-state index in [0.29, 0.717) is 0 Å². The van der Waals surface area contributed by atoms with Gasteiger partial charge in [0.15, 0.2) is 0 Å². The molecule has 6 rings (SSSR count). The third-order valence-electron chi connectivity index (χ3n) is 6.11. The number of thiophene rings is 1. The minimum Gasteiger partial charge on any atom is -0.280 e. The standard InChI is InChI=1S/C30H22N2S/c31-32(25-15-10-22(11-16-25)21-6-2-1-3-7-21)26-17-12-23(13-18-26)24-14-19-30-28(20-24)27-8-4-5-9-29(27)33-30/h1-20H,31H2. The van der Waals surface area contributed by atoms with Crippen molar-refractivity contribution in [1.29, 1.82) is 0 Å². The normalized spacial score (nSPS) is 11.2. The van der Waals surface area contributed by atoms with E-state index in [9.17, 15) is 0 Å². The molecule has 0 aliphatic carbocycles. The van der Waals surface area contributed by atoms with Gasteiger partial charge >= 0.3 is 0 Å². The van der Waals surface area contributed by atoms with E-state index in [1.807, 2.05) is 17.4 Å². The molecule has 0 aliphatic rings. The van der Waals surface area contributed by atoms with Crippen molar-refractivity contribution in [3.63, 3.8) is 0 Å². The highest BCUT2D eigenvalue weighted by Gasteiger charge is 2.09. The van der Waals surface area contributed by atoms with Crippen LogP contribution in [-0.4, -0.2) is 0 Å². The smallest absolute Gasteiger partial charge is 0.0575 e. The fraction of sp³-hybridized carbons (Fsp3) is 0. The minimum atomic E-state index is 0.952. The summed E-state index contributed by atoms with van der Waals surface area (Å²) < 4.78 is 2.65. The van der Waals surface area contributed by atoms with Crippen molar-refractivity contribution >= 4 is 42.9 Å². The predicted molar refractivity (Wildman–Crippen MR) is 143 cm³/mol. The van der Waals surface area contributed by atoms with Crippen LogP contribution in [0.2, 0.25) is 0 Å². The van der Waals surface area contributed by atoms with Gasteiger partial charge in [0.2, 0.25) is 0 Å². The van der Waals surface area contributed by atoms with Crippen LogP contribution < -0.4 is 10.9 Å². The molecule has 0 atom stereocenters. The van der Waals surface area contributed by atoms with E-state index in [0.717, 1.165) is 11.4 Å². The molecule has 0 radical (unpaired) electrons. The lowest BCUT2D eigenvalue weighted by Crippen LogP contribution is -2.24. The number of nitrogens with two attached hydrogens (primary N) is 1. The van der Waals surface area contributed by atoms with Crippen LogP contribution in [0.5, 0.6) is 0 Å². The Morgan fingerprint density at radius 1 is 0.455 bits per heavy atom. The monoisotopic (exact) mass is 442 g/mol. The summed E-state index contributed by atoms with van der Waals surface area (Å²) in [6.45, 7) is 0. The van der Waals surface area contributed by atoms with E-state index >= 15 is 0 Å². The van der Waals surface area contributed by atoms with Crippen molar-refractivity contribution in [3.8, 4) is 22.3 Å². The summed E-state index contributed by atoms with van der Waals surface area (Å²) in [7, 11) is 0. The van der Waals surface area contributed by atoms with E-state index < -0.39 is 0 Å². The molecule has 0 saturated heterocycles. The molecular formula is C30H22N2S. The second-order valence-electron chi connectivity index (χ2n) is 8.14. The van der Waals surface area contributed by atoms with Crippen molar-refractivity contribution in [1.82, 2.24) is 0 Å². The fourth-order valence-electron chi connectivity index (χ4n) is 4.31. The molecule has 2 N–H and O–H groups in total. The van der Waals surface area contributed by atoms with Crippen LogP contribution in [-0.2, 0) is 0 Å². The highest BCUT2D eigenvalue weighted by atomic mass is 32.1. The van der Waals surface area contributed by atoms with Gasteiger partial charge in [0.05, 0.1) is 11.4 Å². The molecule has 6 aromatic rings. The molecule has 5 aromatic carbocycles. The maximum Gasteiger partial charge on any atom is 0.0575 e. The average molecular weight is 443 g/mol. The van der Waals surface area contributed by atoms with Gasteiger partial charge in [-0.25, -0.2) is 5.84 Å². The third-order valence-corrected chi connectivity index (χ3v) is 7.26. The zero-order chi connectivity index (χ0) is 22.2. The molecule has 0 unspecified atom stereocenters. The van der Waals surface area contributed by atoms with Gasteiger partial charge in [-0.15, -0.1) is 11.3 Å². The summed E-state index contributed by atoms with van der Waals surface area (Å²) in [6.07, 6.45) is 0. The van der Waals surface area contributed by atoms with Gasteiger partial charge < -0.3 is 0 Å². The van der Waals surface area contributed by atoms with E-state index in [-0.39, 0.29) is 0 Å². The van der Waals surface area contributed by atoms with E-state index in [1.165, 1.54) is 42.4 Å². The van der Waals surface area contributed by atoms with Crippen LogP contribution in [0, 0.1) is 0 Å². The first kappa shape index (κ1) is 19.7. The molecule has 0 fully saturated rings. The van der Waals surface area contributed by atoms with Crippen LogP contribution in [0.25, 0.3) is 42.4 Å². The molecule has 0 aliphatic heterocycles. The highest BCUT2D eigenvalue weighted by Crippen LogP contribution is 2.36. The van der Waals surface area contributed by atoms with Gasteiger partial charge in [0.25, 0.3) is 0 Å². The van der Waals surface area contributed by atoms with Crippen molar-refractivity contribution in [2.45, 2.75) is 0 Å². The molecule has 33 heavy (non-hydrogen) atoms. The lowest BCUT2D eigenvalue weighted by atomic mass is 10.0. The summed E-state index contributed by atoms with van der Waals surface area (Å²) in [6, 6.07) is 42.5. The number of hydrogen-bond acceptors (Lipinski definition) is 3. The first-order valence-corrected chi connectivity index (χ1v) is 11.8. The summed E-state index contributed by atoms with van der Waals surface area (Å²) in [5.41, 5.74) is 6.69. The van der Waals surface area contributed by atoms with Crippen molar-refractivity contribution in [3.05, 3.63) is 121 Å². The number of rotatable bonds is 4. The van der Waals surface area contributed by atoms with E-state index in [1.54, 1.807) is 5.01 Å². The predicted octanol–water partition coefficient (Wildman–Crippen LogP) is 8.40. The molecule has 3 heteroatoms. The van der Waals surface area contributed by atoms with Gasteiger partial charge in [-0.1, -0.05) is 78.9 Å². The maximum atomic E-state index is 6.45. The third kappa shape index (κ3) is 3.68. The largest absolute Gasteiger partial charge is 0.280 e. The topological polar surface area (TPSA) is 29.3 Å². The van der Waals surface area contributed by atoms with Crippen LogP contribution in [0.1, 0.15) is 0 Å². The van der Waals surface area contributed by atoms with Crippen LogP contribution in [0.3, 0.4) is 0 Å². The number of hydrogen-bond donors (Lipinski definition) is 1. The number of nitrogens with zero attached hydrogens (tertiary/aromatic N) is 1. The maximum absolute atomic E-state index is 6.45. The van der Waals surface area contributed by atoms with E-state index in [2.05, 4.69) is 115 Å². The lowest BCUT2D eigenvalue weighted by molar-refractivity contribution is 1.09. The summed E-state index contributed by atoms with van der Waals surface area (Å²) in [4.78, 5) is 0. The summed E-state index contributed by atoms with van der Waals surface area (Å²) in [5, 5.41) is 4.37. The van der Waals surface area contributed by atoms with Gasteiger partial charge in [-0.05, 0) is 64.7 Å². The second-order valence-corrected chi connectivity index (χ2v) is 9.22. The molecule has 0 spiro atoms. The van der Waals surface area contributed by atoms with Crippen LogP contribution in [0.15, 0.2) is 121 Å². The Balaban J connectivity index is 1.27. The van der Waals surface area contributed by atoms with Gasteiger partial charge in [0.1, 0.15) is 0 Å². The molecule has 0 amide bonds. The number of anilines is 2. The molecule has 1 heterocycles. The van der Waals surface area contributed by atoms with Crippen molar-refractivity contribution in [2.75, 3.05) is 5.01 Å². The Bertz CT molecular complexity index is 1550. The first-order valence-electron chi connectivity index (χ1n) is 11.0. The first-order chi connectivity index (χ1) is 16.3. The van der Waals surface area contributed by atoms with Crippen LogP contribution in [0.4, 0.5) is 11.4 Å². The molecule has 0 bridgehead atoms. The Labute approximate surface area is 197 Å². The average Bonchev–Trinajstić information content (AvgIpc) is 3.27. The summed E-state index contributed by atoms with van der Waals surface area (Å²) in [5.74, 6) is 6.45. The second kappa shape index (κ2) is 8.21. The van der Waals surface area contributed by atoms with Crippen molar-refractivity contribution in [2.24, 2.45) is 5.84 Å². The molecule has 158 valence electrons. The quantitative estimate of drug-likeness (QED) is 0.219. The minimum absolute atomic E-state index is 0.952. The van der Waals surface area contributed by atoms with Gasteiger partial charge in [-0.2, -0.15) is 0 Å². The van der Waals surface area contributed by atoms with Gasteiger partial charge in [-0.3, -0.25) is 5.01 Å². The number of hydrazine groups is 1. The van der Waals surface area contributed by atoms with Crippen molar-refractivity contribution < 1.29 is 0 Å². The Hall–Kier alpha value is -3.92. The zero-order valence-corrected chi connectivity index (χ0v) is 18.8. The van der Waals surface area contributed by atoms with Crippen LogP contribution >= 0.6 is 11.3 Å². The molecular weight excluding hydrogens is 420 g/mol. The molecule has 1 aromatic heterocycles. The van der Waals surface area contributed by atoms with Gasteiger partial charge in [0, 0.05) is 20.2 Å². The fourth-order valence-corrected chi connectivity index (χ4v) is 5.40. The summed E-state index contributed by atoms with van der Waals surface area (Å²) >= 11 is 1.85. The molecule has 0 saturated carbocycles. The highest BCUT2D eigenvalue weighted by molar-refractivity contribution is 7.25. The number of benzene rings is 5. The molecule has 2 nitrogen and oxygen atoms in total.